The molecule has 112 valence electrons. The Hall–Kier alpha value is -0.650. The van der Waals surface area contributed by atoms with Crippen LogP contribution in [0.3, 0.4) is 0 Å². The minimum Gasteiger partial charge on any atom is -0.383 e. The average Bonchev–Trinajstić information content (AvgIpc) is 2.91. The molecule has 2 atom stereocenters. The number of nitrogens with two attached hydrogens (primary N) is 1. The van der Waals surface area contributed by atoms with Crippen LogP contribution in [0, 0.1) is 0 Å². The van der Waals surface area contributed by atoms with E-state index in [9.17, 15) is 4.79 Å². The molecule has 1 heterocycles. The molecule has 1 saturated heterocycles. The van der Waals surface area contributed by atoms with Crippen LogP contribution >= 0.6 is 0 Å². The molecule has 0 aliphatic carbocycles. The Bertz CT molecular complexity index is 269. The zero-order valence-corrected chi connectivity index (χ0v) is 12.4. The monoisotopic (exact) mass is 272 g/mol. The molecular formula is C14H28N2O3. The second-order valence-corrected chi connectivity index (χ2v) is 5.05. The van der Waals surface area contributed by atoms with Gasteiger partial charge >= 0.3 is 0 Å². The highest BCUT2D eigenvalue weighted by Gasteiger charge is 2.34. The van der Waals surface area contributed by atoms with Gasteiger partial charge in [-0.3, -0.25) is 4.79 Å². The van der Waals surface area contributed by atoms with Crippen molar-refractivity contribution in [3.05, 3.63) is 0 Å². The molecule has 5 heteroatoms. The number of nitrogens with zero attached hydrogens (tertiary/aromatic N) is 1. The molecular weight excluding hydrogens is 244 g/mol. The van der Waals surface area contributed by atoms with Gasteiger partial charge in [0.2, 0.25) is 0 Å². The lowest BCUT2D eigenvalue weighted by atomic mass is 10.1. The second kappa shape index (κ2) is 8.51. The van der Waals surface area contributed by atoms with E-state index >= 15 is 0 Å². The van der Waals surface area contributed by atoms with Crippen molar-refractivity contribution in [1.29, 1.82) is 0 Å². The van der Waals surface area contributed by atoms with Gasteiger partial charge in [0.1, 0.15) is 6.10 Å². The van der Waals surface area contributed by atoms with Gasteiger partial charge in [0, 0.05) is 26.2 Å². The van der Waals surface area contributed by atoms with Crippen molar-refractivity contribution in [2.24, 2.45) is 5.73 Å². The lowest BCUT2D eigenvalue weighted by Crippen LogP contribution is -2.47. The summed E-state index contributed by atoms with van der Waals surface area (Å²) < 4.78 is 10.8. The van der Waals surface area contributed by atoms with E-state index in [1.165, 1.54) is 0 Å². The molecule has 0 aromatic carbocycles. The molecule has 1 rings (SSSR count). The zero-order chi connectivity index (χ0) is 14.3. The van der Waals surface area contributed by atoms with Crippen LogP contribution in [-0.2, 0) is 14.3 Å². The van der Waals surface area contributed by atoms with E-state index in [2.05, 4.69) is 13.8 Å². The first-order chi connectivity index (χ1) is 9.17. The molecule has 1 fully saturated rings. The van der Waals surface area contributed by atoms with Crippen LogP contribution in [0.5, 0.6) is 0 Å². The molecule has 1 aliphatic rings. The van der Waals surface area contributed by atoms with Gasteiger partial charge in [0.05, 0.1) is 12.7 Å². The summed E-state index contributed by atoms with van der Waals surface area (Å²) in [6.07, 6.45) is 3.31. The Morgan fingerprint density at radius 1 is 1.42 bits per heavy atom. The van der Waals surface area contributed by atoms with Crippen molar-refractivity contribution in [2.45, 2.75) is 57.8 Å². The van der Waals surface area contributed by atoms with E-state index in [1.54, 1.807) is 7.11 Å². The molecule has 1 amide bonds. The van der Waals surface area contributed by atoms with Crippen LogP contribution in [0.1, 0.15) is 39.5 Å². The first-order valence-corrected chi connectivity index (χ1v) is 7.32. The van der Waals surface area contributed by atoms with Gasteiger partial charge < -0.3 is 20.1 Å². The molecule has 0 bridgehead atoms. The van der Waals surface area contributed by atoms with Crippen molar-refractivity contribution < 1.29 is 14.3 Å². The summed E-state index contributed by atoms with van der Waals surface area (Å²) in [4.78, 5) is 14.5. The minimum absolute atomic E-state index is 0.0416. The second-order valence-electron chi connectivity index (χ2n) is 5.05. The highest BCUT2D eigenvalue weighted by Crippen LogP contribution is 2.22. The third-order valence-electron chi connectivity index (χ3n) is 3.85. The number of hydrogen-bond acceptors (Lipinski definition) is 4. The molecule has 0 spiro atoms. The molecule has 19 heavy (non-hydrogen) atoms. The molecule has 0 saturated carbocycles. The van der Waals surface area contributed by atoms with Gasteiger partial charge in [-0.1, -0.05) is 13.8 Å². The van der Waals surface area contributed by atoms with Crippen molar-refractivity contribution in [1.82, 2.24) is 4.90 Å². The Morgan fingerprint density at radius 3 is 2.58 bits per heavy atom. The number of methoxy groups -OCH3 is 1. The standard InChI is InChI=1S/C14H28N2O3/c1-4-11(5-2)16(8-9-18-3)14(17)13-7-6-12(10-15)19-13/h11-13H,4-10,15H2,1-3H3. The fourth-order valence-electron chi connectivity index (χ4n) is 2.64. The fraction of sp³-hybridized carbons (Fsp3) is 0.929. The van der Waals surface area contributed by atoms with E-state index in [0.717, 1.165) is 25.7 Å². The van der Waals surface area contributed by atoms with E-state index in [4.69, 9.17) is 15.2 Å². The van der Waals surface area contributed by atoms with E-state index in [0.29, 0.717) is 19.7 Å². The summed E-state index contributed by atoms with van der Waals surface area (Å²) in [6, 6.07) is 0.267. The Labute approximate surface area is 116 Å². The highest BCUT2D eigenvalue weighted by molar-refractivity contribution is 5.81. The Morgan fingerprint density at radius 2 is 2.11 bits per heavy atom. The lowest BCUT2D eigenvalue weighted by molar-refractivity contribution is -0.146. The minimum atomic E-state index is -0.314. The van der Waals surface area contributed by atoms with Crippen LogP contribution in [0.15, 0.2) is 0 Å². The quantitative estimate of drug-likeness (QED) is 0.720. The number of amides is 1. The number of hydrogen-bond donors (Lipinski definition) is 1. The fourth-order valence-corrected chi connectivity index (χ4v) is 2.64. The predicted octanol–water partition coefficient (Wildman–Crippen LogP) is 1.16. The van der Waals surface area contributed by atoms with E-state index in [1.807, 2.05) is 4.90 Å². The zero-order valence-electron chi connectivity index (χ0n) is 12.4. The lowest BCUT2D eigenvalue weighted by Gasteiger charge is -2.32. The summed E-state index contributed by atoms with van der Waals surface area (Å²) in [5, 5.41) is 0. The topological polar surface area (TPSA) is 64.8 Å². The van der Waals surface area contributed by atoms with Gasteiger partial charge in [-0.2, -0.15) is 0 Å². The highest BCUT2D eigenvalue weighted by atomic mass is 16.5. The smallest absolute Gasteiger partial charge is 0.252 e. The summed E-state index contributed by atoms with van der Waals surface area (Å²) >= 11 is 0. The number of carbonyl (C=O) groups excluding carboxylic acids is 1. The summed E-state index contributed by atoms with van der Waals surface area (Å²) in [6.45, 7) is 5.91. The Balaban J connectivity index is 2.65. The van der Waals surface area contributed by atoms with Crippen LogP contribution in [0.4, 0.5) is 0 Å². The molecule has 0 aromatic heterocycles. The molecule has 2 unspecified atom stereocenters. The summed E-state index contributed by atoms with van der Waals surface area (Å²) in [5.74, 6) is 0.0988. The maximum atomic E-state index is 12.6. The van der Waals surface area contributed by atoms with Crippen molar-refractivity contribution in [2.75, 3.05) is 26.8 Å². The van der Waals surface area contributed by atoms with E-state index < -0.39 is 0 Å². The van der Waals surface area contributed by atoms with Gasteiger partial charge in [-0.05, 0) is 25.7 Å². The SMILES string of the molecule is CCC(CC)N(CCOC)C(=O)C1CCC(CN)O1. The van der Waals surface area contributed by atoms with Crippen LogP contribution in [-0.4, -0.2) is 55.9 Å². The summed E-state index contributed by atoms with van der Waals surface area (Å²) in [5.41, 5.74) is 5.59. The summed E-state index contributed by atoms with van der Waals surface area (Å²) in [7, 11) is 1.66. The Kier molecular flexibility index (Phi) is 7.34. The molecule has 0 radical (unpaired) electrons. The molecule has 1 aliphatic heterocycles. The van der Waals surface area contributed by atoms with Crippen molar-refractivity contribution in [3.8, 4) is 0 Å². The molecule has 2 N–H and O–H groups in total. The van der Waals surface area contributed by atoms with E-state index in [-0.39, 0.29) is 24.2 Å². The molecule has 0 aromatic rings. The number of carbonyl (C=O) groups is 1. The van der Waals surface area contributed by atoms with Gasteiger partial charge in [-0.25, -0.2) is 0 Å². The first-order valence-electron chi connectivity index (χ1n) is 7.32. The predicted molar refractivity (Wildman–Crippen MR) is 74.9 cm³/mol. The van der Waals surface area contributed by atoms with Crippen molar-refractivity contribution >= 4 is 5.91 Å². The van der Waals surface area contributed by atoms with Crippen LogP contribution in [0.2, 0.25) is 0 Å². The average molecular weight is 272 g/mol. The number of ether oxygens (including phenoxy) is 2. The maximum absolute atomic E-state index is 12.6. The van der Waals surface area contributed by atoms with Gasteiger partial charge in [0.15, 0.2) is 0 Å². The maximum Gasteiger partial charge on any atom is 0.252 e. The van der Waals surface area contributed by atoms with Gasteiger partial charge in [0.25, 0.3) is 5.91 Å². The van der Waals surface area contributed by atoms with Crippen LogP contribution in [0.25, 0.3) is 0 Å². The van der Waals surface area contributed by atoms with Crippen molar-refractivity contribution in [3.63, 3.8) is 0 Å². The third kappa shape index (κ3) is 4.44. The first kappa shape index (κ1) is 16.4. The van der Waals surface area contributed by atoms with Gasteiger partial charge in [-0.15, -0.1) is 0 Å². The van der Waals surface area contributed by atoms with Crippen LogP contribution < -0.4 is 5.73 Å². The largest absolute Gasteiger partial charge is 0.383 e. The third-order valence-corrected chi connectivity index (χ3v) is 3.85. The molecule has 5 nitrogen and oxygen atoms in total. The normalized spacial score (nSPS) is 23.0. The number of rotatable bonds is 8.